The first-order chi connectivity index (χ1) is 19.1. The van der Waals surface area contributed by atoms with Gasteiger partial charge in [-0.15, -0.1) is 0 Å². The Kier molecular flexibility index (Phi) is 8.76. The highest BCUT2D eigenvalue weighted by molar-refractivity contribution is 6.26. The third-order valence-corrected chi connectivity index (χ3v) is 7.55. The average Bonchev–Trinajstić information content (AvgIpc) is 3.24. The van der Waals surface area contributed by atoms with Crippen molar-refractivity contribution in [2.24, 2.45) is 11.5 Å². The fourth-order valence-electron chi connectivity index (χ4n) is 5.37. The van der Waals surface area contributed by atoms with Crippen LogP contribution in [0.15, 0.2) is 84.9 Å². The molecule has 1 atom stereocenters. The summed E-state index contributed by atoms with van der Waals surface area (Å²) in [5.41, 5.74) is 18.3. The Hall–Kier alpha value is -3.87. The molecule has 0 bridgehead atoms. The number of nitrogens with two attached hydrogens (primary N) is 2. The van der Waals surface area contributed by atoms with Crippen molar-refractivity contribution in [3.63, 3.8) is 0 Å². The number of carbonyl (C=O) groups excluding carboxylic acids is 1. The minimum atomic E-state index is 0.0862. The summed E-state index contributed by atoms with van der Waals surface area (Å²) in [7, 11) is 0. The smallest absolute Gasteiger partial charge is 0.258 e. The number of amides is 1. The number of carbonyl (C=O) groups is 1. The predicted molar refractivity (Wildman–Crippen MR) is 163 cm³/mol. The Morgan fingerprint density at radius 2 is 1.49 bits per heavy atom. The van der Waals surface area contributed by atoms with Gasteiger partial charge in [-0.3, -0.25) is 4.79 Å². The summed E-state index contributed by atoms with van der Waals surface area (Å²) in [5, 5.41) is 9.20. The zero-order valence-electron chi connectivity index (χ0n) is 22.5. The molecule has 6 nitrogen and oxygen atoms in total. The lowest BCUT2D eigenvalue weighted by Crippen LogP contribution is -2.29. The van der Waals surface area contributed by atoms with Gasteiger partial charge in [-0.25, -0.2) is 0 Å². The predicted octanol–water partition coefficient (Wildman–Crippen LogP) is 6.26. The van der Waals surface area contributed by atoms with E-state index in [0.717, 1.165) is 72.0 Å². The fraction of sp³-hybridized carbons (Fsp3) is 0.303. The van der Waals surface area contributed by atoms with E-state index in [2.05, 4.69) is 77.4 Å². The molecule has 5 rings (SSSR count). The largest absolute Gasteiger partial charge is 0.381 e. The van der Waals surface area contributed by atoms with Gasteiger partial charge in [0.15, 0.2) is 0 Å². The molecule has 0 aliphatic carbocycles. The van der Waals surface area contributed by atoms with Crippen molar-refractivity contribution in [1.29, 1.82) is 0 Å². The number of hydrogen-bond acceptors (Lipinski definition) is 5. The van der Waals surface area contributed by atoms with Crippen LogP contribution in [0.2, 0.25) is 0 Å². The van der Waals surface area contributed by atoms with Gasteiger partial charge in [-0.05, 0) is 73.7 Å². The molecule has 1 unspecified atom stereocenters. The van der Waals surface area contributed by atoms with E-state index in [1.807, 2.05) is 23.1 Å². The molecule has 1 amide bonds. The van der Waals surface area contributed by atoms with Gasteiger partial charge in [0.05, 0.1) is 5.69 Å². The fourth-order valence-corrected chi connectivity index (χ4v) is 5.37. The lowest BCUT2D eigenvalue weighted by Gasteiger charge is -2.19. The summed E-state index contributed by atoms with van der Waals surface area (Å²) in [6.07, 6.45) is 4.87. The average molecular weight is 522 g/mol. The second kappa shape index (κ2) is 12.8. The second-order valence-electron chi connectivity index (χ2n) is 10.4. The molecule has 0 saturated carbocycles. The van der Waals surface area contributed by atoms with Crippen LogP contribution in [0.25, 0.3) is 10.8 Å². The Morgan fingerprint density at radius 1 is 0.744 bits per heavy atom. The van der Waals surface area contributed by atoms with E-state index in [1.54, 1.807) is 0 Å². The summed E-state index contributed by atoms with van der Waals surface area (Å²) in [6.45, 7) is 2.91. The Labute approximate surface area is 231 Å². The van der Waals surface area contributed by atoms with Gasteiger partial charge in [0, 0.05) is 53.4 Å². The van der Waals surface area contributed by atoms with E-state index >= 15 is 0 Å². The van der Waals surface area contributed by atoms with E-state index in [-0.39, 0.29) is 11.9 Å². The molecule has 0 fully saturated rings. The molecular formula is C33H39N5O. The van der Waals surface area contributed by atoms with Crippen LogP contribution in [0.5, 0.6) is 0 Å². The van der Waals surface area contributed by atoms with Gasteiger partial charge < -0.3 is 27.0 Å². The minimum Gasteiger partial charge on any atom is -0.381 e. The lowest BCUT2D eigenvalue weighted by atomic mass is 10.0. The molecule has 0 aromatic heterocycles. The quantitative estimate of drug-likeness (QED) is 0.147. The van der Waals surface area contributed by atoms with Crippen LogP contribution >= 0.6 is 0 Å². The van der Waals surface area contributed by atoms with Crippen molar-refractivity contribution in [3.8, 4) is 0 Å². The number of hydrogen-bond donors (Lipinski definition) is 4. The summed E-state index contributed by atoms with van der Waals surface area (Å²) in [6, 6.07) is 29.3. The topological polar surface area (TPSA) is 96.4 Å². The highest BCUT2D eigenvalue weighted by Gasteiger charge is 2.30. The molecule has 39 heavy (non-hydrogen) atoms. The molecule has 202 valence electrons. The summed E-state index contributed by atoms with van der Waals surface area (Å²) in [4.78, 5) is 15.2. The first kappa shape index (κ1) is 26.7. The van der Waals surface area contributed by atoms with Crippen molar-refractivity contribution >= 4 is 33.7 Å². The van der Waals surface area contributed by atoms with Crippen molar-refractivity contribution in [1.82, 2.24) is 0 Å². The van der Waals surface area contributed by atoms with E-state index in [9.17, 15) is 4.79 Å². The van der Waals surface area contributed by atoms with Crippen molar-refractivity contribution in [3.05, 3.63) is 102 Å². The van der Waals surface area contributed by atoms with Crippen LogP contribution in [0.4, 0.5) is 17.1 Å². The molecule has 0 spiro atoms. The van der Waals surface area contributed by atoms with Crippen LogP contribution in [-0.2, 0) is 13.1 Å². The number of rotatable bonds is 14. The molecule has 4 aromatic carbocycles. The van der Waals surface area contributed by atoms with Crippen LogP contribution in [0.3, 0.4) is 0 Å². The number of anilines is 3. The standard InChI is InChI=1S/C33H39N5O/c34-20-5-4-10-26(35)11-7-21-38-31-19-18-30(28-12-6-13-29(32(28)31)33(38)39)37-23-25-14-16-27(17-15-25)36-22-24-8-2-1-3-9-24/h1-3,6,8-9,12-19,26,36-37H,4-5,7,10-11,20-23,34-35H2. The second-order valence-corrected chi connectivity index (χ2v) is 10.4. The van der Waals surface area contributed by atoms with E-state index in [1.165, 1.54) is 11.1 Å². The van der Waals surface area contributed by atoms with Gasteiger partial charge in [0.2, 0.25) is 0 Å². The van der Waals surface area contributed by atoms with Gasteiger partial charge in [-0.2, -0.15) is 0 Å². The first-order valence-electron chi connectivity index (χ1n) is 14.1. The minimum absolute atomic E-state index is 0.0862. The van der Waals surface area contributed by atoms with Gasteiger partial charge in [0.1, 0.15) is 0 Å². The SMILES string of the molecule is NCCCCC(N)CCCN1C(=O)c2cccc3c(NCc4ccc(NCc5ccccc5)cc4)ccc1c23. The third kappa shape index (κ3) is 6.41. The molecule has 6 N–H and O–H groups in total. The molecule has 0 radical (unpaired) electrons. The van der Waals surface area contributed by atoms with E-state index < -0.39 is 0 Å². The maximum absolute atomic E-state index is 13.3. The Bertz CT molecular complexity index is 1390. The maximum atomic E-state index is 13.3. The molecule has 4 aromatic rings. The van der Waals surface area contributed by atoms with Gasteiger partial charge >= 0.3 is 0 Å². The Balaban J connectivity index is 1.21. The number of nitrogens with one attached hydrogen (secondary N) is 2. The summed E-state index contributed by atoms with van der Waals surface area (Å²) in [5.74, 6) is 0.0862. The van der Waals surface area contributed by atoms with Crippen molar-refractivity contribution in [2.45, 2.75) is 51.2 Å². The summed E-state index contributed by atoms with van der Waals surface area (Å²) < 4.78 is 0. The normalized spacial score (nSPS) is 13.2. The molecule has 0 saturated heterocycles. The number of nitrogens with zero attached hydrogens (tertiary/aromatic N) is 1. The van der Waals surface area contributed by atoms with Crippen molar-refractivity contribution < 1.29 is 4.79 Å². The highest BCUT2D eigenvalue weighted by Crippen LogP contribution is 2.40. The zero-order valence-corrected chi connectivity index (χ0v) is 22.5. The van der Waals surface area contributed by atoms with E-state index in [4.69, 9.17) is 11.5 Å². The van der Waals surface area contributed by atoms with Crippen molar-refractivity contribution in [2.75, 3.05) is 28.6 Å². The Morgan fingerprint density at radius 3 is 2.28 bits per heavy atom. The van der Waals surface area contributed by atoms with E-state index in [0.29, 0.717) is 19.6 Å². The highest BCUT2D eigenvalue weighted by atomic mass is 16.2. The molecule has 1 aliphatic heterocycles. The molecular weight excluding hydrogens is 482 g/mol. The molecule has 1 aliphatic rings. The van der Waals surface area contributed by atoms with Gasteiger partial charge in [0.25, 0.3) is 5.91 Å². The lowest BCUT2D eigenvalue weighted by molar-refractivity contribution is 0.0992. The molecule has 1 heterocycles. The third-order valence-electron chi connectivity index (χ3n) is 7.55. The monoisotopic (exact) mass is 521 g/mol. The van der Waals surface area contributed by atoms with Crippen LogP contribution in [0.1, 0.15) is 53.6 Å². The molecule has 6 heteroatoms. The maximum Gasteiger partial charge on any atom is 0.258 e. The van der Waals surface area contributed by atoms with Gasteiger partial charge in [-0.1, -0.05) is 61.0 Å². The number of unbranched alkanes of at least 4 members (excludes halogenated alkanes) is 1. The first-order valence-corrected chi connectivity index (χ1v) is 14.1. The van der Waals surface area contributed by atoms with Crippen LogP contribution < -0.4 is 27.0 Å². The summed E-state index contributed by atoms with van der Waals surface area (Å²) >= 11 is 0. The van der Waals surface area contributed by atoms with Crippen LogP contribution in [0, 0.1) is 0 Å². The zero-order chi connectivity index (χ0) is 27.0. The van der Waals surface area contributed by atoms with Crippen LogP contribution in [-0.4, -0.2) is 25.0 Å². The number of benzene rings is 4.